The second kappa shape index (κ2) is 9.00. The molecule has 2 aliphatic rings. The third-order valence-corrected chi connectivity index (χ3v) is 4.93. The summed E-state index contributed by atoms with van der Waals surface area (Å²) in [7, 11) is 0. The normalized spacial score (nSPS) is 17.2. The van der Waals surface area contributed by atoms with Crippen molar-refractivity contribution < 1.29 is 9.53 Å². The smallest absolute Gasteiger partial charge is 0.272 e. The number of nitriles is 1. The average Bonchev–Trinajstić information content (AvgIpc) is 3.55. The van der Waals surface area contributed by atoms with Crippen molar-refractivity contribution in [2.24, 2.45) is 0 Å². The number of pyridine rings is 2. The molecular weight excluding hydrogens is 378 g/mol. The van der Waals surface area contributed by atoms with Gasteiger partial charge in [-0.1, -0.05) is 0 Å². The molecule has 8 heteroatoms. The van der Waals surface area contributed by atoms with Crippen LogP contribution in [0.5, 0.6) is 11.5 Å². The number of halogens is 1. The molecule has 3 heterocycles. The predicted molar refractivity (Wildman–Crippen MR) is 106 cm³/mol. The zero-order valence-corrected chi connectivity index (χ0v) is 16.3. The Kier molecular flexibility index (Phi) is 6.45. The van der Waals surface area contributed by atoms with Crippen molar-refractivity contribution in [2.45, 2.75) is 25.3 Å². The van der Waals surface area contributed by atoms with Gasteiger partial charge in [-0.05, 0) is 43.5 Å². The molecule has 0 bridgehead atoms. The summed E-state index contributed by atoms with van der Waals surface area (Å²) < 4.78 is 5.67. The Bertz CT molecular complexity index is 867. The number of carbonyl (C=O) groups is 1. The van der Waals surface area contributed by atoms with E-state index < -0.39 is 0 Å². The maximum atomic E-state index is 12.9. The molecule has 2 fully saturated rings. The first-order valence-electron chi connectivity index (χ1n) is 9.27. The molecule has 0 N–H and O–H groups in total. The van der Waals surface area contributed by atoms with E-state index in [1.54, 1.807) is 36.7 Å². The SMILES string of the molecule is Cl.N#Cc1nc(C(=O)N2CCCN(C3CC3)CC2)ccc1Oc1cccnc1. The van der Waals surface area contributed by atoms with Crippen LogP contribution in [-0.2, 0) is 0 Å². The van der Waals surface area contributed by atoms with E-state index in [1.807, 2.05) is 11.0 Å². The minimum atomic E-state index is -0.128. The fraction of sp³-hybridized carbons (Fsp3) is 0.400. The molecule has 4 rings (SSSR count). The van der Waals surface area contributed by atoms with Crippen molar-refractivity contribution in [3.8, 4) is 17.6 Å². The number of hydrogen-bond donors (Lipinski definition) is 0. The highest BCUT2D eigenvalue weighted by molar-refractivity contribution is 5.92. The molecule has 0 radical (unpaired) electrons. The minimum Gasteiger partial charge on any atom is -0.453 e. The first-order chi connectivity index (χ1) is 13.2. The number of amides is 1. The Balaban J connectivity index is 0.00000225. The third-order valence-electron chi connectivity index (χ3n) is 4.93. The summed E-state index contributed by atoms with van der Waals surface area (Å²) in [4.78, 5) is 25.4. The Morgan fingerprint density at radius 3 is 2.75 bits per heavy atom. The quantitative estimate of drug-likeness (QED) is 0.786. The van der Waals surface area contributed by atoms with E-state index in [2.05, 4.69) is 14.9 Å². The van der Waals surface area contributed by atoms with Gasteiger partial charge in [0, 0.05) is 38.4 Å². The molecule has 1 aliphatic carbocycles. The zero-order chi connectivity index (χ0) is 18.6. The van der Waals surface area contributed by atoms with E-state index in [0.717, 1.165) is 26.1 Å². The van der Waals surface area contributed by atoms with Gasteiger partial charge in [0.05, 0.1) is 6.20 Å². The lowest BCUT2D eigenvalue weighted by molar-refractivity contribution is 0.0755. The van der Waals surface area contributed by atoms with E-state index >= 15 is 0 Å². The maximum Gasteiger partial charge on any atom is 0.272 e. The second-order valence-electron chi connectivity index (χ2n) is 6.86. The van der Waals surface area contributed by atoms with Gasteiger partial charge < -0.3 is 9.64 Å². The van der Waals surface area contributed by atoms with Crippen LogP contribution in [0.25, 0.3) is 0 Å². The first-order valence-corrected chi connectivity index (χ1v) is 9.27. The van der Waals surface area contributed by atoms with Crippen LogP contribution >= 0.6 is 12.4 Å². The van der Waals surface area contributed by atoms with Gasteiger partial charge in [0.25, 0.3) is 5.91 Å². The number of ether oxygens (including phenoxy) is 1. The number of aromatic nitrogens is 2. The molecule has 2 aromatic heterocycles. The molecular formula is C20H22ClN5O2. The minimum absolute atomic E-state index is 0. The summed E-state index contributed by atoms with van der Waals surface area (Å²) in [6, 6.07) is 9.48. The summed E-state index contributed by atoms with van der Waals surface area (Å²) in [5, 5.41) is 9.42. The molecule has 28 heavy (non-hydrogen) atoms. The van der Waals surface area contributed by atoms with Crippen molar-refractivity contribution in [2.75, 3.05) is 26.2 Å². The highest BCUT2D eigenvalue weighted by Crippen LogP contribution is 2.28. The van der Waals surface area contributed by atoms with Gasteiger partial charge in [-0.25, -0.2) is 4.98 Å². The fourth-order valence-electron chi connectivity index (χ4n) is 3.37. The van der Waals surface area contributed by atoms with E-state index in [9.17, 15) is 10.1 Å². The molecule has 2 aromatic rings. The van der Waals surface area contributed by atoms with Crippen LogP contribution in [0.3, 0.4) is 0 Å². The number of nitrogens with zero attached hydrogens (tertiary/aromatic N) is 5. The van der Waals surface area contributed by atoms with E-state index in [1.165, 1.54) is 12.8 Å². The molecule has 1 aliphatic heterocycles. The van der Waals surface area contributed by atoms with Crippen molar-refractivity contribution in [3.05, 3.63) is 48.0 Å². The lowest BCUT2D eigenvalue weighted by Crippen LogP contribution is -2.36. The van der Waals surface area contributed by atoms with Crippen LogP contribution in [0.15, 0.2) is 36.7 Å². The topological polar surface area (TPSA) is 82.4 Å². The predicted octanol–water partition coefficient (Wildman–Crippen LogP) is 2.87. The van der Waals surface area contributed by atoms with Gasteiger partial charge in [-0.2, -0.15) is 5.26 Å². The van der Waals surface area contributed by atoms with E-state index in [-0.39, 0.29) is 29.7 Å². The Morgan fingerprint density at radius 1 is 1.18 bits per heavy atom. The van der Waals surface area contributed by atoms with Crippen LogP contribution in [0.4, 0.5) is 0 Å². The zero-order valence-electron chi connectivity index (χ0n) is 15.5. The average molecular weight is 400 g/mol. The van der Waals surface area contributed by atoms with Crippen molar-refractivity contribution in [1.29, 1.82) is 5.26 Å². The van der Waals surface area contributed by atoms with Crippen LogP contribution < -0.4 is 4.74 Å². The molecule has 0 atom stereocenters. The third kappa shape index (κ3) is 4.58. The van der Waals surface area contributed by atoms with Crippen LogP contribution in [0.1, 0.15) is 35.4 Å². The summed E-state index contributed by atoms with van der Waals surface area (Å²) in [5.74, 6) is 0.706. The monoisotopic (exact) mass is 399 g/mol. The van der Waals surface area contributed by atoms with Gasteiger partial charge in [0.1, 0.15) is 17.5 Å². The molecule has 0 spiro atoms. The van der Waals surface area contributed by atoms with Crippen LogP contribution in [0, 0.1) is 11.3 Å². The van der Waals surface area contributed by atoms with Crippen molar-refractivity contribution in [1.82, 2.24) is 19.8 Å². The van der Waals surface area contributed by atoms with Gasteiger partial charge in [-0.3, -0.25) is 14.7 Å². The molecule has 0 aromatic carbocycles. The molecule has 0 unspecified atom stereocenters. The van der Waals surface area contributed by atoms with Gasteiger partial charge in [-0.15, -0.1) is 12.4 Å². The molecule has 1 saturated carbocycles. The van der Waals surface area contributed by atoms with E-state index in [0.29, 0.717) is 24.1 Å². The Hall–Kier alpha value is -2.69. The second-order valence-corrected chi connectivity index (χ2v) is 6.86. The summed E-state index contributed by atoms with van der Waals surface area (Å²) in [5.41, 5.74) is 0.379. The lowest BCUT2D eigenvalue weighted by atomic mass is 10.2. The van der Waals surface area contributed by atoms with Gasteiger partial charge in [0.2, 0.25) is 0 Å². The Labute approximate surface area is 170 Å². The van der Waals surface area contributed by atoms with Crippen molar-refractivity contribution >= 4 is 18.3 Å². The fourth-order valence-corrected chi connectivity index (χ4v) is 3.37. The lowest BCUT2D eigenvalue weighted by Gasteiger charge is -2.21. The molecule has 146 valence electrons. The number of carbonyl (C=O) groups excluding carboxylic acids is 1. The van der Waals surface area contributed by atoms with Crippen molar-refractivity contribution in [3.63, 3.8) is 0 Å². The van der Waals surface area contributed by atoms with E-state index in [4.69, 9.17) is 4.74 Å². The van der Waals surface area contributed by atoms with Gasteiger partial charge >= 0.3 is 0 Å². The highest BCUT2D eigenvalue weighted by Gasteiger charge is 2.31. The van der Waals surface area contributed by atoms with Crippen LogP contribution in [0.2, 0.25) is 0 Å². The standard InChI is InChI=1S/C20H21N5O2.ClH/c21-13-18-19(27-16-3-1-8-22-14-16)7-6-17(23-18)20(26)25-10-2-9-24(11-12-25)15-4-5-15;/h1,3,6-8,14-15H,2,4-5,9-12H2;1H. The molecule has 1 amide bonds. The molecule has 7 nitrogen and oxygen atoms in total. The summed E-state index contributed by atoms with van der Waals surface area (Å²) in [6.45, 7) is 3.37. The van der Waals surface area contributed by atoms with Crippen LogP contribution in [-0.4, -0.2) is 57.9 Å². The summed E-state index contributed by atoms with van der Waals surface area (Å²) in [6.07, 6.45) is 6.72. The number of rotatable bonds is 4. The largest absolute Gasteiger partial charge is 0.453 e. The van der Waals surface area contributed by atoms with Gasteiger partial charge in [0.15, 0.2) is 11.4 Å². The number of hydrogen-bond acceptors (Lipinski definition) is 6. The first kappa shape index (κ1) is 20.1. The maximum absolute atomic E-state index is 12.9. The summed E-state index contributed by atoms with van der Waals surface area (Å²) >= 11 is 0. The highest BCUT2D eigenvalue weighted by atomic mass is 35.5. The Morgan fingerprint density at radius 2 is 2.04 bits per heavy atom. The molecule has 1 saturated heterocycles.